The van der Waals surface area contributed by atoms with Crippen molar-refractivity contribution in [2.45, 2.75) is 8.92 Å². The van der Waals surface area contributed by atoms with Crippen LogP contribution in [0.25, 0.3) is 0 Å². The van der Waals surface area contributed by atoms with E-state index in [4.69, 9.17) is 46.4 Å². The summed E-state index contributed by atoms with van der Waals surface area (Å²) in [5.74, 6) is 0. The summed E-state index contributed by atoms with van der Waals surface area (Å²) in [6, 6.07) is 0. The van der Waals surface area contributed by atoms with Gasteiger partial charge in [-0.25, -0.2) is 0 Å². The van der Waals surface area contributed by atoms with Gasteiger partial charge in [-0.2, -0.15) is 0 Å². The molecule has 0 aliphatic carbocycles. The first-order valence-electron chi connectivity index (χ1n) is 2.36. The molecule has 0 fully saturated rings. The van der Waals surface area contributed by atoms with Crippen LogP contribution in [0.4, 0.5) is 0 Å². The normalized spacial score (nSPS) is 12.2. The molecule has 0 saturated heterocycles. The Morgan fingerprint density at radius 3 is 1.30 bits per heavy atom. The molecule has 56 valence electrons. The van der Waals surface area contributed by atoms with Gasteiger partial charge in [-0.15, -0.1) is 57.8 Å². The summed E-state index contributed by atoms with van der Waals surface area (Å²) in [6.07, 6.45) is 0. The maximum atomic E-state index is 5.46. The third-order valence-corrected chi connectivity index (χ3v) is 3.60. The SMILES string of the molecule is ClC(Cl)[Si]C=C[Si]C(Cl)Cl. The van der Waals surface area contributed by atoms with Crippen LogP contribution in [0.15, 0.2) is 11.4 Å². The van der Waals surface area contributed by atoms with Gasteiger partial charge in [0.1, 0.15) is 19.0 Å². The summed E-state index contributed by atoms with van der Waals surface area (Å²) in [6.45, 7) is 0. The third-order valence-electron chi connectivity index (χ3n) is 0.528. The highest BCUT2D eigenvalue weighted by atomic mass is 35.5. The smallest absolute Gasteiger partial charge is 0.110 e. The maximum absolute atomic E-state index is 5.46. The average molecular weight is 250 g/mol. The number of rotatable bonds is 4. The molecule has 0 amide bonds. The van der Waals surface area contributed by atoms with Gasteiger partial charge in [0, 0.05) is 0 Å². The highest BCUT2D eigenvalue weighted by Gasteiger charge is 1.97. The molecule has 0 nitrogen and oxygen atoms in total. The second-order valence-electron chi connectivity index (χ2n) is 1.27. The molecule has 10 heavy (non-hydrogen) atoms. The summed E-state index contributed by atoms with van der Waals surface area (Å²) in [7, 11) is 0.856. The van der Waals surface area contributed by atoms with Crippen LogP contribution >= 0.6 is 46.4 Å². The van der Waals surface area contributed by atoms with E-state index in [2.05, 4.69) is 0 Å². The van der Waals surface area contributed by atoms with Crippen LogP contribution in [0.5, 0.6) is 0 Å². The molecule has 0 heterocycles. The van der Waals surface area contributed by atoms with Crippen molar-refractivity contribution in [1.29, 1.82) is 0 Å². The molecule has 0 aliphatic rings. The molecule has 0 aromatic rings. The lowest BCUT2D eigenvalue weighted by atomic mass is 11.2. The highest BCUT2D eigenvalue weighted by Crippen LogP contribution is 2.00. The molecule has 0 N–H and O–H groups in total. The predicted octanol–water partition coefficient (Wildman–Crippen LogP) is 2.39. The maximum Gasteiger partial charge on any atom is 0.113 e. The molecule has 0 spiro atoms. The van der Waals surface area contributed by atoms with Crippen LogP contribution in [-0.4, -0.2) is 28.0 Å². The first-order valence-corrected chi connectivity index (χ1v) is 6.42. The van der Waals surface area contributed by atoms with Gasteiger partial charge in [0.15, 0.2) is 0 Å². The fourth-order valence-corrected chi connectivity index (χ4v) is 2.18. The monoisotopic (exact) mass is 248 g/mol. The van der Waals surface area contributed by atoms with Crippen molar-refractivity contribution in [3.05, 3.63) is 11.4 Å². The molecular formula is C4H4Cl4Si2. The molecule has 0 atom stereocenters. The molecule has 0 saturated carbocycles. The Hall–Kier alpha value is 1.33. The largest absolute Gasteiger partial charge is 0.113 e. The topological polar surface area (TPSA) is 0 Å². The van der Waals surface area contributed by atoms with Crippen LogP contribution in [-0.2, 0) is 0 Å². The van der Waals surface area contributed by atoms with E-state index in [1.54, 1.807) is 0 Å². The van der Waals surface area contributed by atoms with E-state index in [1.165, 1.54) is 0 Å². The second-order valence-corrected chi connectivity index (χ2v) is 7.41. The van der Waals surface area contributed by atoms with Gasteiger partial charge >= 0.3 is 0 Å². The van der Waals surface area contributed by atoms with Crippen LogP contribution in [0, 0.1) is 0 Å². The Bertz CT molecular complexity index is 91.4. The summed E-state index contributed by atoms with van der Waals surface area (Å²) in [4.78, 5) is 0. The fourth-order valence-electron chi connectivity index (χ4n) is 0.242. The van der Waals surface area contributed by atoms with E-state index in [0.717, 1.165) is 0 Å². The zero-order valence-corrected chi connectivity index (χ0v) is 9.84. The van der Waals surface area contributed by atoms with Crippen molar-refractivity contribution in [1.82, 2.24) is 0 Å². The molecular weight excluding hydrogens is 246 g/mol. The Kier molecular flexibility index (Phi) is 7.94. The summed E-state index contributed by atoms with van der Waals surface area (Å²) in [5.41, 5.74) is 3.81. The minimum absolute atomic E-state index is 0.301. The number of alkyl halides is 4. The lowest BCUT2D eigenvalue weighted by Crippen LogP contribution is -2.01. The van der Waals surface area contributed by atoms with Gasteiger partial charge in [-0.1, -0.05) is 0 Å². The third kappa shape index (κ3) is 9.33. The van der Waals surface area contributed by atoms with Gasteiger partial charge in [0.25, 0.3) is 0 Å². The molecule has 0 rings (SSSR count). The predicted molar refractivity (Wildman–Crippen MR) is 51.6 cm³/mol. The van der Waals surface area contributed by atoms with Crippen LogP contribution in [0.3, 0.4) is 0 Å². The van der Waals surface area contributed by atoms with Crippen molar-refractivity contribution in [3.63, 3.8) is 0 Å². The zero-order chi connectivity index (χ0) is 7.98. The first-order chi connectivity index (χ1) is 4.63. The quantitative estimate of drug-likeness (QED) is 0.530. The summed E-state index contributed by atoms with van der Waals surface area (Å²) >= 11 is 21.8. The molecule has 6 heteroatoms. The molecule has 0 unspecified atom stereocenters. The van der Waals surface area contributed by atoms with E-state index >= 15 is 0 Å². The summed E-state index contributed by atoms with van der Waals surface area (Å²) in [5, 5.41) is 0. The zero-order valence-electron chi connectivity index (χ0n) is 4.82. The van der Waals surface area contributed by atoms with E-state index < -0.39 is 0 Å². The second kappa shape index (κ2) is 7.01. The van der Waals surface area contributed by atoms with Crippen LogP contribution in [0.1, 0.15) is 0 Å². The van der Waals surface area contributed by atoms with Gasteiger partial charge < -0.3 is 0 Å². The Balaban J connectivity index is 3.20. The number of hydrogen-bond donors (Lipinski definition) is 0. The van der Waals surface area contributed by atoms with Gasteiger partial charge in [-0.3, -0.25) is 0 Å². The Morgan fingerprint density at radius 1 is 0.800 bits per heavy atom. The Morgan fingerprint density at radius 2 is 1.10 bits per heavy atom. The highest BCUT2D eigenvalue weighted by molar-refractivity contribution is 6.74. The summed E-state index contributed by atoms with van der Waals surface area (Å²) < 4.78 is -0.602. The van der Waals surface area contributed by atoms with Gasteiger partial charge in [0.2, 0.25) is 0 Å². The van der Waals surface area contributed by atoms with Gasteiger partial charge in [-0.05, 0) is 0 Å². The van der Waals surface area contributed by atoms with Crippen molar-refractivity contribution in [3.8, 4) is 0 Å². The van der Waals surface area contributed by atoms with Crippen molar-refractivity contribution < 1.29 is 0 Å². The first kappa shape index (κ1) is 11.3. The minimum Gasteiger partial charge on any atom is -0.110 e. The van der Waals surface area contributed by atoms with E-state index in [1.807, 2.05) is 11.4 Å². The van der Waals surface area contributed by atoms with E-state index in [0.29, 0.717) is 19.0 Å². The van der Waals surface area contributed by atoms with Crippen LogP contribution < -0.4 is 0 Å². The van der Waals surface area contributed by atoms with Gasteiger partial charge in [0.05, 0.1) is 8.92 Å². The van der Waals surface area contributed by atoms with Crippen molar-refractivity contribution in [2.75, 3.05) is 0 Å². The molecule has 0 aliphatic heterocycles. The number of halogens is 4. The molecule has 0 aromatic heterocycles. The average Bonchev–Trinajstić information content (AvgIpc) is 1.79. The minimum atomic E-state index is -0.301. The van der Waals surface area contributed by atoms with E-state index in [-0.39, 0.29) is 8.92 Å². The lowest BCUT2D eigenvalue weighted by Gasteiger charge is -1.91. The molecule has 0 bridgehead atoms. The van der Waals surface area contributed by atoms with E-state index in [9.17, 15) is 0 Å². The van der Waals surface area contributed by atoms with Crippen molar-refractivity contribution in [2.24, 2.45) is 0 Å². The molecule has 0 aromatic carbocycles. The standard InChI is InChI=1S/C4H4Cl4Si2/c5-3(6)9-1-2-10-4(7)8/h1-4H. The molecule has 4 radical (unpaired) electrons. The van der Waals surface area contributed by atoms with Crippen LogP contribution in [0.2, 0.25) is 0 Å². The Labute approximate surface area is 85.5 Å². The van der Waals surface area contributed by atoms with Crippen molar-refractivity contribution >= 4 is 65.4 Å². The fraction of sp³-hybridized carbons (Fsp3) is 0.500. The number of hydrogen-bond acceptors (Lipinski definition) is 0. The lowest BCUT2D eigenvalue weighted by molar-refractivity contribution is 1.87.